The van der Waals surface area contributed by atoms with E-state index in [2.05, 4.69) is 78.9 Å². The second kappa shape index (κ2) is 7.20. The Morgan fingerprint density at radius 1 is 0.667 bits per heavy atom. The van der Waals surface area contributed by atoms with Gasteiger partial charge in [-0.15, -0.1) is 0 Å². The van der Waals surface area contributed by atoms with Crippen molar-refractivity contribution in [3.63, 3.8) is 0 Å². The maximum absolute atomic E-state index is 6.22. The predicted molar refractivity (Wildman–Crippen MR) is 104 cm³/mol. The largest absolute Gasteiger partial charge is 0.493 e. The molecule has 4 rings (SSSR count). The third-order valence-electron chi connectivity index (χ3n) is 4.43. The average molecular weight is 332 g/mol. The Morgan fingerprint density at radius 2 is 1.33 bits per heavy atom. The number of ether oxygens (including phenoxy) is 1. The third-order valence-corrected chi connectivity index (χ3v) is 6.90. The van der Waals surface area contributed by atoms with Crippen LogP contribution in [-0.2, 0) is 6.42 Å². The Kier molecular flexibility index (Phi) is 4.62. The van der Waals surface area contributed by atoms with Gasteiger partial charge in [-0.05, 0) is 43.4 Å². The van der Waals surface area contributed by atoms with E-state index in [1.807, 2.05) is 0 Å². The molecule has 0 fully saturated rings. The van der Waals surface area contributed by atoms with Gasteiger partial charge in [0.15, 0.2) is 0 Å². The summed E-state index contributed by atoms with van der Waals surface area (Å²) in [5, 5.41) is 4.10. The number of rotatable bonds is 3. The predicted octanol–water partition coefficient (Wildman–Crippen LogP) is 4.16. The van der Waals surface area contributed by atoms with Crippen molar-refractivity contribution in [1.29, 1.82) is 0 Å². The van der Waals surface area contributed by atoms with Crippen molar-refractivity contribution < 1.29 is 4.74 Å². The van der Waals surface area contributed by atoms with E-state index in [4.69, 9.17) is 4.74 Å². The van der Waals surface area contributed by atoms with Crippen LogP contribution in [0.1, 0.15) is 18.4 Å². The summed E-state index contributed by atoms with van der Waals surface area (Å²) in [7, 11) is -0.597. The van der Waals surface area contributed by atoms with E-state index in [1.54, 1.807) is 0 Å². The van der Waals surface area contributed by atoms with Crippen LogP contribution in [0.2, 0.25) is 0 Å². The number of benzene rings is 3. The van der Waals surface area contributed by atoms with Crippen LogP contribution in [0.25, 0.3) is 0 Å². The highest BCUT2D eigenvalue weighted by molar-refractivity contribution is 7.80. The molecule has 1 heterocycles. The second-order valence-corrected chi connectivity index (χ2v) is 8.26. The smallest absolute Gasteiger partial charge is 0.130 e. The summed E-state index contributed by atoms with van der Waals surface area (Å²) in [5.41, 5.74) is 1.37. The molecule has 2 heteroatoms. The lowest BCUT2D eigenvalue weighted by Crippen LogP contribution is -2.22. The zero-order valence-corrected chi connectivity index (χ0v) is 14.6. The van der Waals surface area contributed by atoms with Crippen molar-refractivity contribution in [2.75, 3.05) is 6.61 Å². The molecule has 3 aromatic carbocycles. The fourth-order valence-electron chi connectivity index (χ4n) is 3.28. The number of hydrogen-bond donors (Lipinski definition) is 0. The van der Waals surface area contributed by atoms with Gasteiger partial charge in [0.2, 0.25) is 0 Å². The first-order valence-corrected chi connectivity index (χ1v) is 9.92. The molecule has 1 aliphatic heterocycles. The minimum Gasteiger partial charge on any atom is -0.493 e. The van der Waals surface area contributed by atoms with Crippen LogP contribution >= 0.6 is 7.92 Å². The number of aryl methyl sites for hydroxylation is 1. The first kappa shape index (κ1) is 15.4. The van der Waals surface area contributed by atoms with Crippen LogP contribution in [0.15, 0.2) is 78.9 Å². The van der Waals surface area contributed by atoms with E-state index in [1.165, 1.54) is 27.9 Å². The Morgan fingerprint density at radius 3 is 2.00 bits per heavy atom. The van der Waals surface area contributed by atoms with Crippen LogP contribution in [0.4, 0.5) is 0 Å². The minimum absolute atomic E-state index is 0.597. The summed E-state index contributed by atoms with van der Waals surface area (Å²) in [6.45, 7) is 0.830. The van der Waals surface area contributed by atoms with E-state index >= 15 is 0 Å². The first-order valence-electron chi connectivity index (χ1n) is 8.58. The van der Waals surface area contributed by atoms with Crippen LogP contribution in [0.3, 0.4) is 0 Å². The Bertz CT molecular complexity index is 759. The van der Waals surface area contributed by atoms with Gasteiger partial charge in [0.05, 0.1) is 6.61 Å². The maximum Gasteiger partial charge on any atom is 0.130 e. The van der Waals surface area contributed by atoms with E-state index in [9.17, 15) is 0 Å². The van der Waals surface area contributed by atoms with Crippen LogP contribution < -0.4 is 20.7 Å². The molecule has 0 aliphatic carbocycles. The summed E-state index contributed by atoms with van der Waals surface area (Å²) in [6.07, 6.45) is 3.48. The van der Waals surface area contributed by atoms with E-state index < -0.39 is 7.92 Å². The molecule has 120 valence electrons. The molecule has 0 N–H and O–H groups in total. The van der Waals surface area contributed by atoms with Gasteiger partial charge in [0.1, 0.15) is 5.75 Å². The van der Waals surface area contributed by atoms with E-state index in [0.717, 1.165) is 25.2 Å². The summed E-state index contributed by atoms with van der Waals surface area (Å²) in [4.78, 5) is 0. The second-order valence-electron chi connectivity index (χ2n) is 6.08. The molecule has 0 bridgehead atoms. The van der Waals surface area contributed by atoms with Crippen LogP contribution in [0.5, 0.6) is 5.75 Å². The van der Waals surface area contributed by atoms with Crippen molar-refractivity contribution in [2.45, 2.75) is 19.3 Å². The molecule has 0 saturated heterocycles. The Labute approximate surface area is 145 Å². The molecular weight excluding hydrogens is 311 g/mol. The van der Waals surface area contributed by atoms with Gasteiger partial charge in [0.25, 0.3) is 0 Å². The van der Waals surface area contributed by atoms with Gasteiger partial charge in [-0.3, -0.25) is 0 Å². The molecule has 0 radical (unpaired) electrons. The summed E-state index contributed by atoms with van der Waals surface area (Å²) in [6, 6.07) is 28.4. The van der Waals surface area contributed by atoms with Crippen LogP contribution in [-0.4, -0.2) is 6.61 Å². The van der Waals surface area contributed by atoms with Crippen molar-refractivity contribution in [3.8, 4) is 5.75 Å². The molecule has 0 amide bonds. The highest BCUT2D eigenvalue weighted by Gasteiger charge is 2.23. The first-order chi connectivity index (χ1) is 11.9. The van der Waals surface area contributed by atoms with Crippen molar-refractivity contribution in [3.05, 3.63) is 84.4 Å². The van der Waals surface area contributed by atoms with Crippen LogP contribution in [0, 0.1) is 0 Å². The SMILES string of the molecule is c1ccc(P(c2ccccc2)c2cccc3c2OCCCC3)cc1. The Balaban J connectivity index is 1.89. The monoisotopic (exact) mass is 332 g/mol. The highest BCUT2D eigenvalue weighted by atomic mass is 31.1. The lowest BCUT2D eigenvalue weighted by Gasteiger charge is -2.23. The number of hydrogen-bond acceptors (Lipinski definition) is 1. The fraction of sp³-hybridized carbons (Fsp3) is 0.182. The third kappa shape index (κ3) is 3.09. The van der Waals surface area contributed by atoms with E-state index in [0.29, 0.717) is 0 Å². The van der Waals surface area contributed by atoms with Crippen molar-refractivity contribution in [1.82, 2.24) is 0 Å². The highest BCUT2D eigenvalue weighted by Crippen LogP contribution is 2.38. The molecule has 1 aliphatic rings. The average Bonchev–Trinajstić information content (AvgIpc) is 2.90. The zero-order valence-electron chi connectivity index (χ0n) is 13.7. The topological polar surface area (TPSA) is 9.23 Å². The summed E-state index contributed by atoms with van der Waals surface area (Å²) < 4.78 is 6.22. The number of fused-ring (bicyclic) bond motifs is 1. The maximum atomic E-state index is 6.22. The van der Waals surface area contributed by atoms with Crippen molar-refractivity contribution >= 4 is 23.8 Å². The van der Waals surface area contributed by atoms with Crippen molar-refractivity contribution in [2.24, 2.45) is 0 Å². The van der Waals surface area contributed by atoms with Gasteiger partial charge < -0.3 is 4.74 Å². The van der Waals surface area contributed by atoms with Gasteiger partial charge in [-0.25, -0.2) is 0 Å². The van der Waals surface area contributed by atoms with Gasteiger partial charge in [-0.2, -0.15) is 0 Å². The molecule has 0 spiro atoms. The van der Waals surface area contributed by atoms with Gasteiger partial charge in [0, 0.05) is 5.30 Å². The molecule has 0 atom stereocenters. The fourth-order valence-corrected chi connectivity index (χ4v) is 5.73. The molecule has 0 aromatic heterocycles. The quantitative estimate of drug-likeness (QED) is 0.655. The molecule has 24 heavy (non-hydrogen) atoms. The Hall–Kier alpha value is -2.11. The number of para-hydroxylation sites is 1. The molecular formula is C22H21OP. The summed E-state index contributed by atoms with van der Waals surface area (Å²) in [5.74, 6) is 1.13. The standard InChI is InChI=1S/C22H21OP/c1-3-12-19(13-4-1)24(20-14-5-2-6-15-20)21-16-9-11-18-10-7-8-17-23-22(18)21/h1-6,9,11-16H,7-8,10,17H2. The normalized spacial score (nSPS) is 13.9. The molecule has 3 aromatic rings. The molecule has 0 unspecified atom stereocenters. The van der Waals surface area contributed by atoms with Gasteiger partial charge in [-0.1, -0.05) is 78.9 Å². The molecule has 0 saturated carbocycles. The van der Waals surface area contributed by atoms with Gasteiger partial charge >= 0.3 is 0 Å². The minimum atomic E-state index is -0.597. The summed E-state index contributed by atoms with van der Waals surface area (Å²) >= 11 is 0. The van der Waals surface area contributed by atoms with E-state index in [-0.39, 0.29) is 0 Å². The lowest BCUT2D eigenvalue weighted by molar-refractivity contribution is 0.319. The zero-order chi connectivity index (χ0) is 16.2. The lowest BCUT2D eigenvalue weighted by atomic mass is 10.1. The molecule has 1 nitrogen and oxygen atoms in total.